The standard InChI is InChI=1S/C29H39N5O3/c1-32(2)29(23-7-4-3-5-8-23)17-15-27(16-18-29)21-25(34(37)33(27)22-28(36)13-6-14-28)9-10-26(35)31-24-11-19-30-20-12-24/h3-5,7-8,11-12,19-20,25,36H,6,9-10,13-18,21-22H2,1-2H3/p+1/t25-,27?,29?/m1/s1. The topological polar surface area (TPSA) is 88.8 Å². The number of aromatic nitrogens is 1. The molecule has 1 atom stereocenters. The number of anilines is 1. The third-order valence-corrected chi connectivity index (χ3v) is 9.29. The van der Waals surface area contributed by atoms with E-state index in [0.717, 1.165) is 56.2 Å². The summed E-state index contributed by atoms with van der Waals surface area (Å²) < 4.78 is 0. The van der Waals surface area contributed by atoms with Gasteiger partial charge in [-0.05, 0) is 76.7 Å². The van der Waals surface area contributed by atoms with Gasteiger partial charge in [-0.25, -0.2) is 0 Å². The molecule has 0 unspecified atom stereocenters. The van der Waals surface area contributed by atoms with Crippen LogP contribution in [0.25, 0.3) is 0 Å². The molecule has 1 aliphatic heterocycles. The molecule has 3 fully saturated rings. The van der Waals surface area contributed by atoms with Gasteiger partial charge >= 0.3 is 0 Å². The Labute approximate surface area is 219 Å². The van der Waals surface area contributed by atoms with Crippen molar-refractivity contribution in [2.75, 3.05) is 26.0 Å². The fourth-order valence-corrected chi connectivity index (χ4v) is 6.79. The predicted octanol–water partition coefficient (Wildman–Crippen LogP) is 4.25. The Kier molecular flexibility index (Phi) is 7.07. The maximum atomic E-state index is 13.7. The van der Waals surface area contributed by atoms with E-state index in [1.165, 1.54) is 5.56 Å². The first-order chi connectivity index (χ1) is 17.8. The molecule has 1 amide bonds. The van der Waals surface area contributed by atoms with Gasteiger partial charge in [-0.1, -0.05) is 30.3 Å². The van der Waals surface area contributed by atoms with E-state index in [1.807, 2.05) is 5.01 Å². The molecule has 0 radical (unpaired) electrons. The third kappa shape index (κ3) is 5.01. The van der Waals surface area contributed by atoms with Gasteiger partial charge in [0.1, 0.15) is 17.0 Å². The SMILES string of the molecule is CN(C)C1(c2ccccc2)CCC2(CC1)C[C@@H](CCC(=O)Nc1ccncc1)[N+](=O)N2CC1(O)CCC1. The maximum Gasteiger partial charge on any atom is 0.237 e. The van der Waals surface area contributed by atoms with Gasteiger partial charge in [0.15, 0.2) is 0 Å². The summed E-state index contributed by atoms with van der Waals surface area (Å²) >= 11 is 0. The van der Waals surface area contributed by atoms with Gasteiger partial charge in [-0.3, -0.25) is 14.7 Å². The molecule has 3 aliphatic rings. The number of pyridine rings is 1. The molecule has 2 aliphatic carbocycles. The molecule has 5 rings (SSSR count). The largest absolute Gasteiger partial charge is 0.388 e. The van der Waals surface area contributed by atoms with Crippen LogP contribution in [0.4, 0.5) is 5.69 Å². The van der Waals surface area contributed by atoms with Crippen molar-refractivity contribution in [3.05, 3.63) is 65.3 Å². The van der Waals surface area contributed by atoms with Gasteiger partial charge in [0.05, 0.1) is 10.5 Å². The second-order valence-corrected chi connectivity index (χ2v) is 11.6. The van der Waals surface area contributed by atoms with Crippen molar-refractivity contribution in [3.8, 4) is 0 Å². The van der Waals surface area contributed by atoms with Crippen LogP contribution in [0.1, 0.15) is 69.8 Å². The zero-order valence-electron chi connectivity index (χ0n) is 22.1. The highest BCUT2D eigenvalue weighted by Gasteiger charge is 2.62. The fourth-order valence-electron chi connectivity index (χ4n) is 6.79. The molecule has 1 saturated heterocycles. The van der Waals surface area contributed by atoms with E-state index in [0.29, 0.717) is 18.7 Å². The van der Waals surface area contributed by atoms with Crippen LogP contribution in [0.5, 0.6) is 0 Å². The number of hydrogen-bond donors (Lipinski definition) is 2. The zero-order valence-corrected chi connectivity index (χ0v) is 22.1. The van der Waals surface area contributed by atoms with E-state index < -0.39 is 5.60 Å². The van der Waals surface area contributed by atoms with Gasteiger partial charge in [0.2, 0.25) is 11.9 Å². The molecule has 8 nitrogen and oxygen atoms in total. The number of nitrogens with one attached hydrogen (secondary N) is 1. The van der Waals surface area contributed by atoms with Crippen molar-refractivity contribution in [2.45, 2.75) is 86.9 Å². The minimum absolute atomic E-state index is 0.0677. The molecule has 1 aromatic heterocycles. The highest BCUT2D eigenvalue weighted by atomic mass is 16.3. The number of aliphatic hydroxyl groups is 1. The van der Waals surface area contributed by atoms with Gasteiger partial charge in [-0.15, -0.1) is 5.01 Å². The van der Waals surface area contributed by atoms with E-state index in [1.54, 1.807) is 24.5 Å². The van der Waals surface area contributed by atoms with Crippen LogP contribution in [0.3, 0.4) is 0 Å². The molecule has 2 saturated carbocycles. The third-order valence-electron chi connectivity index (χ3n) is 9.29. The molecule has 198 valence electrons. The Morgan fingerprint density at radius 2 is 1.76 bits per heavy atom. The lowest BCUT2D eigenvalue weighted by Crippen LogP contribution is -2.59. The molecule has 1 aromatic carbocycles. The summed E-state index contributed by atoms with van der Waals surface area (Å²) in [6.45, 7) is 0.385. The van der Waals surface area contributed by atoms with E-state index >= 15 is 0 Å². The lowest BCUT2D eigenvalue weighted by Gasteiger charge is -2.50. The summed E-state index contributed by atoms with van der Waals surface area (Å²) in [7, 11) is 4.30. The van der Waals surface area contributed by atoms with Crippen molar-refractivity contribution < 1.29 is 14.8 Å². The molecule has 2 aromatic rings. The molecule has 2 N–H and O–H groups in total. The first-order valence-corrected chi connectivity index (χ1v) is 13.6. The second-order valence-electron chi connectivity index (χ2n) is 11.6. The summed E-state index contributed by atoms with van der Waals surface area (Å²) in [5, 5.41) is 15.9. The molecule has 2 heterocycles. The van der Waals surface area contributed by atoms with Crippen LogP contribution in [0, 0.1) is 4.91 Å². The van der Waals surface area contributed by atoms with Crippen LogP contribution < -0.4 is 5.32 Å². The highest BCUT2D eigenvalue weighted by Crippen LogP contribution is 2.52. The summed E-state index contributed by atoms with van der Waals surface area (Å²) in [6.07, 6.45) is 11.0. The first-order valence-electron chi connectivity index (χ1n) is 13.6. The van der Waals surface area contributed by atoms with Gasteiger partial charge in [0.25, 0.3) is 0 Å². The van der Waals surface area contributed by atoms with Gasteiger partial charge in [-0.2, -0.15) is 0 Å². The fraction of sp³-hybridized carbons (Fsp3) is 0.586. The van der Waals surface area contributed by atoms with Crippen molar-refractivity contribution in [2.24, 2.45) is 0 Å². The van der Waals surface area contributed by atoms with Crippen LogP contribution in [0.15, 0.2) is 54.9 Å². The molecule has 0 bridgehead atoms. The number of carbonyl (C=O) groups is 1. The van der Waals surface area contributed by atoms with E-state index in [2.05, 4.69) is 59.6 Å². The smallest absolute Gasteiger partial charge is 0.237 e. The average Bonchev–Trinajstić information content (AvgIpc) is 3.13. The Hall–Kier alpha value is -2.84. The minimum atomic E-state index is -0.779. The van der Waals surface area contributed by atoms with E-state index in [-0.39, 0.29) is 29.4 Å². The predicted molar refractivity (Wildman–Crippen MR) is 143 cm³/mol. The van der Waals surface area contributed by atoms with Crippen LogP contribution in [-0.4, -0.2) is 68.6 Å². The number of nitroso groups, excluding NO2 is 1. The Bertz CT molecular complexity index is 1100. The number of β-amino-alcohol motifs (C(OH)–C–C–N with tert-alkyl or cyclic N) is 1. The van der Waals surface area contributed by atoms with Crippen LogP contribution >= 0.6 is 0 Å². The molecular weight excluding hydrogens is 466 g/mol. The first kappa shape index (κ1) is 25.8. The van der Waals surface area contributed by atoms with Gasteiger partial charge < -0.3 is 10.4 Å². The molecule has 37 heavy (non-hydrogen) atoms. The monoisotopic (exact) mass is 506 g/mol. The number of hydrazine groups is 1. The van der Waals surface area contributed by atoms with Crippen molar-refractivity contribution in [1.29, 1.82) is 0 Å². The highest BCUT2D eigenvalue weighted by molar-refractivity contribution is 5.90. The second kappa shape index (κ2) is 10.1. The lowest BCUT2D eigenvalue weighted by atomic mass is 9.66. The summed E-state index contributed by atoms with van der Waals surface area (Å²) in [5.41, 5.74) is 0.901. The summed E-state index contributed by atoms with van der Waals surface area (Å²) in [4.78, 5) is 33.8. The summed E-state index contributed by atoms with van der Waals surface area (Å²) in [5.74, 6) is -0.0935. The normalized spacial score (nSPS) is 28.9. The summed E-state index contributed by atoms with van der Waals surface area (Å²) in [6, 6.07) is 13.9. The van der Waals surface area contributed by atoms with Crippen molar-refractivity contribution in [1.82, 2.24) is 14.9 Å². The Morgan fingerprint density at radius 3 is 2.35 bits per heavy atom. The van der Waals surface area contributed by atoms with Crippen LogP contribution in [0.2, 0.25) is 0 Å². The van der Waals surface area contributed by atoms with Crippen molar-refractivity contribution >= 4 is 11.6 Å². The number of benzene rings is 1. The minimum Gasteiger partial charge on any atom is -0.388 e. The van der Waals surface area contributed by atoms with Gasteiger partial charge in [0, 0.05) is 42.9 Å². The number of amides is 1. The zero-order chi connectivity index (χ0) is 26.1. The number of nitrogens with zero attached hydrogens (tertiary/aromatic N) is 4. The molecule has 8 heteroatoms. The Morgan fingerprint density at radius 1 is 1.08 bits per heavy atom. The number of carbonyl (C=O) groups excluding carboxylic acids is 1. The maximum absolute atomic E-state index is 13.7. The van der Waals surface area contributed by atoms with E-state index in [9.17, 15) is 14.8 Å². The van der Waals surface area contributed by atoms with Crippen molar-refractivity contribution in [3.63, 3.8) is 0 Å². The molecular formula is C29H40N5O3+. The van der Waals surface area contributed by atoms with Crippen LogP contribution in [-0.2, 0) is 10.3 Å². The number of hydrogen-bond acceptors (Lipinski definition) is 5. The number of rotatable bonds is 8. The Balaban J connectivity index is 1.32. The quantitative estimate of drug-likeness (QED) is 0.521. The molecule has 1 spiro atoms. The average molecular weight is 507 g/mol. The lowest BCUT2D eigenvalue weighted by molar-refractivity contribution is -0.725. The van der Waals surface area contributed by atoms with E-state index in [4.69, 9.17) is 0 Å².